The van der Waals surface area contributed by atoms with Crippen LogP contribution in [-0.2, 0) is 4.79 Å². The van der Waals surface area contributed by atoms with E-state index in [1.807, 2.05) is 0 Å². The summed E-state index contributed by atoms with van der Waals surface area (Å²) in [5.41, 5.74) is -0.135. The Morgan fingerprint density at radius 3 is 2.70 bits per heavy atom. The van der Waals surface area contributed by atoms with Gasteiger partial charge in [0.15, 0.2) is 0 Å². The van der Waals surface area contributed by atoms with Crippen LogP contribution in [0.1, 0.15) is 52.9 Å². The first kappa shape index (κ1) is 17.4. The van der Waals surface area contributed by atoms with E-state index in [0.717, 1.165) is 58.3 Å². The molecule has 2 N–H and O–H groups in total. The summed E-state index contributed by atoms with van der Waals surface area (Å²) >= 11 is 0. The topological polar surface area (TPSA) is 44.4 Å². The van der Waals surface area contributed by atoms with Crippen LogP contribution in [-0.4, -0.2) is 50.1 Å². The van der Waals surface area contributed by atoms with Crippen molar-refractivity contribution in [2.45, 2.75) is 58.9 Å². The van der Waals surface area contributed by atoms with Crippen LogP contribution in [0.4, 0.5) is 0 Å². The van der Waals surface area contributed by atoms with Crippen LogP contribution < -0.4 is 10.6 Å². The third kappa shape index (κ3) is 5.06. The van der Waals surface area contributed by atoms with Gasteiger partial charge in [0.05, 0.1) is 5.41 Å². The molecule has 0 saturated carbocycles. The average molecular weight is 283 g/mol. The van der Waals surface area contributed by atoms with Gasteiger partial charge < -0.3 is 15.5 Å². The second kappa shape index (κ2) is 8.63. The van der Waals surface area contributed by atoms with Crippen molar-refractivity contribution < 1.29 is 4.79 Å². The highest BCUT2D eigenvalue weighted by Crippen LogP contribution is 2.31. The van der Waals surface area contributed by atoms with Crippen molar-refractivity contribution in [2.75, 3.05) is 33.2 Å². The Labute approximate surface area is 124 Å². The minimum atomic E-state index is -0.135. The second-order valence-electron chi connectivity index (χ2n) is 6.49. The number of carbonyl (C=O) groups excluding carboxylic acids is 1. The molecule has 1 unspecified atom stereocenters. The molecule has 1 fully saturated rings. The van der Waals surface area contributed by atoms with Crippen LogP contribution in [0.15, 0.2) is 0 Å². The van der Waals surface area contributed by atoms with Crippen molar-refractivity contribution in [3.05, 3.63) is 0 Å². The lowest BCUT2D eigenvalue weighted by molar-refractivity contribution is -0.130. The highest BCUT2D eigenvalue weighted by Gasteiger charge is 2.39. The van der Waals surface area contributed by atoms with Crippen molar-refractivity contribution in [1.82, 2.24) is 15.5 Å². The minimum Gasteiger partial charge on any atom is -0.356 e. The first-order valence-corrected chi connectivity index (χ1v) is 8.21. The summed E-state index contributed by atoms with van der Waals surface area (Å²) in [4.78, 5) is 14.7. The molecule has 1 rings (SSSR count). The Kier molecular flexibility index (Phi) is 7.52. The molecule has 1 amide bonds. The van der Waals surface area contributed by atoms with E-state index in [-0.39, 0.29) is 11.3 Å². The second-order valence-corrected chi connectivity index (χ2v) is 6.49. The Bertz CT molecular complexity index is 285. The van der Waals surface area contributed by atoms with E-state index < -0.39 is 0 Å². The number of nitrogens with one attached hydrogen (secondary N) is 2. The van der Waals surface area contributed by atoms with Crippen molar-refractivity contribution in [3.63, 3.8) is 0 Å². The average Bonchev–Trinajstić information content (AvgIpc) is 2.88. The fraction of sp³-hybridized carbons (Fsp3) is 0.938. The first-order chi connectivity index (χ1) is 9.52. The number of rotatable bonds is 9. The maximum absolute atomic E-state index is 12.4. The molecule has 4 nitrogen and oxygen atoms in total. The van der Waals surface area contributed by atoms with Gasteiger partial charge in [0.2, 0.25) is 5.91 Å². The molecule has 0 aromatic carbocycles. The SMILES string of the molecule is CCCC1(C(=O)NCCCCN(C)C(C)C)CCNC1. The van der Waals surface area contributed by atoms with E-state index in [9.17, 15) is 4.79 Å². The number of hydrogen-bond donors (Lipinski definition) is 2. The van der Waals surface area contributed by atoms with Crippen molar-refractivity contribution in [1.29, 1.82) is 0 Å². The monoisotopic (exact) mass is 283 g/mol. The Morgan fingerprint density at radius 1 is 1.40 bits per heavy atom. The van der Waals surface area contributed by atoms with Crippen LogP contribution in [0.3, 0.4) is 0 Å². The Hall–Kier alpha value is -0.610. The van der Waals surface area contributed by atoms with Gasteiger partial charge in [0.25, 0.3) is 0 Å². The summed E-state index contributed by atoms with van der Waals surface area (Å²) in [5, 5.41) is 6.50. The molecule has 118 valence electrons. The summed E-state index contributed by atoms with van der Waals surface area (Å²) in [5.74, 6) is 0.265. The fourth-order valence-electron chi connectivity index (χ4n) is 2.88. The lowest BCUT2D eigenvalue weighted by Gasteiger charge is -2.26. The third-order valence-corrected chi connectivity index (χ3v) is 4.56. The zero-order valence-electron chi connectivity index (χ0n) is 13.8. The highest BCUT2D eigenvalue weighted by molar-refractivity contribution is 5.83. The number of hydrogen-bond acceptors (Lipinski definition) is 3. The third-order valence-electron chi connectivity index (χ3n) is 4.56. The van der Waals surface area contributed by atoms with E-state index in [0.29, 0.717) is 6.04 Å². The van der Waals surface area contributed by atoms with E-state index in [2.05, 4.69) is 43.4 Å². The smallest absolute Gasteiger partial charge is 0.227 e. The van der Waals surface area contributed by atoms with Crippen LogP contribution in [0.2, 0.25) is 0 Å². The number of nitrogens with zero attached hydrogens (tertiary/aromatic N) is 1. The number of amides is 1. The molecule has 0 aromatic rings. The number of carbonyl (C=O) groups is 1. The Morgan fingerprint density at radius 2 is 2.15 bits per heavy atom. The molecule has 1 saturated heterocycles. The maximum Gasteiger partial charge on any atom is 0.227 e. The quantitative estimate of drug-likeness (QED) is 0.636. The van der Waals surface area contributed by atoms with Gasteiger partial charge in [-0.3, -0.25) is 4.79 Å². The molecule has 1 aliphatic heterocycles. The van der Waals surface area contributed by atoms with Gasteiger partial charge >= 0.3 is 0 Å². The molecule has 4 heteroatoms. The van der Waals surface area contributed by atoms with Gasteiger partial charge in [-0.05, 0) is 59.7 Å². The summed E-state index contributed by atoms with van der Waals surface area (Å²) in [6, 6.07) is 0.599. The van der Waals surface area contributed by atoms with Crippen molar-refractivity contribution in [3.8, 4) is 0 Å². The van der Waals surface area contributed by atoms with Gasteiger partial charge in [0.1, 0.15) is 0 Å². The van der Waals surface area contributed by atoms with Gasteiger partial charge in [-0.2, -0.15) is 0 Å². The van der Waals surface area contributed by atoms with Crippen LogP contribution in [0.25, 0.3) is 0 Å². The number of unbranched alkanes of at least 4 members (excludes halogenated alkanes) is 1. The maximum atomic E-state index is 12.4. The van der Waals surface area contributed by atoms with E-state index in [1.165, 1.54) is 0 Å². The predicted molar refractivity (Wildman–Crippen MR) is 84.8 cm³/mol. The van der Waals surface area contributed by atoms with E-state index in [4.69, 9.17) is 0 Å². The normalized spacial score (nSPS) is 22.7. The van der Waals surface area contributed by atoms with Gasteiger partial charge in [0, 0.05) is 19.1 Å². The molecule has 20 heavy (non-hydrogen) atoms. The molecule has 1 aliphatic rings. The summed E-state index contributed by atoms with van der Waals surface area (Å²) in [6.45, 7) is 10.3. The van der Waals surface area contributed by atoms with Crippen molar-refractivity contribution >= 4 is 5.91 Å². The molecule has 1 heterocycles. The van der Waals surface area contributed by atoms with E-state index >= 15 is 0 Å². The van der Waals surface area contributed by atoms with Crippen LogP contribution >= 0.6 is 0 Å². The van der Waals surface area contributed by atoms with Crippen LogP contribution in [0.5, 0.6) is 0 Å². The zero-order valence-corrected chi connectivity index (χ0v) is 13.8. The zero-order chi connectivity index (χ0) is 15.0. The fourth-order valence-corrected chi connectivity index (χ4v) is 2.88. The Balaban J connectivity index is 2.22. The standard InChI is InChI=1S/C16H33N3O/c1-5-8-16(9-11-17-13-16)15(20)18-10-6-7-12-19(4)14(2)3/h14,17H,5-13H2,1-4H3,(H,18,20). The summed E-state index contributed by atoms with van der Waals surface area (Å²) in [6.07, 6.45) is 5.28. The van der Waals surface area contributed by atoms with Gasteiger partial charge in [-0.15, -0.1) is 0 Å². The molecule has 0 bridgehead atoms. The minimum absolute atomic E-state index is 0.135. The van der Waals surface area contributed by atoms with Gasteiger partial charge in [-0.1, -0.05) is 13.3 Å². The molecule has 1 atom stereocenters. The summed E-state index contributed by atoms with van der Waals surface area (Å²) in [7, 11) is 2.16. The molecule has 0 aliphatic carbocycles. The van der Waals surface area contributed by atoms with Gasteiger partial charge in [-0.25, -0.2) is 0 Å². The lowest BCUT2D eigenvalue weighted by Crippen LogP contribution is -2.43. The van der Waals surface area contributed by atoms with Crippen LogP contribution in [0, 0.1) is 5.41 Å². The molecule has 0 aromatic heterocycles. The summed E-state index contributed by atoms with van der Waals surface area (Å²) < 4.78 is 0. The largest absolute Gasteiger partial charge is 0.356 e. The highest BCUT2D eigenvalue weighted by atomic mass is 16.2. The molecular formula is C16H33N3O. The molecule has 0 spiro atoms. The molecular weight excluding hydrogens is 250 g/mol. The first-order valence-electron chi connectivity index (χ1n) is 8.21. The lowest BCUT2D eigenvalue weighted by atomic mass is 9.81. The van der Waals surface area contributed by atoms with E-state index in [1.54, 1.807) is 0 Å². The molecule has 0 radical (unpaired) electrons. The predicted octanol–water partition coefficient (Wildman–Crippen LogP) is 2.00. The van der Waals surface area contributed by atoms with Crippen molar-refractivity contribution in [2.24, 2.45) is 5.41 Å².